The van der Waals surface area contributed by atoms with Crippen molar-refractivity contribution < 1.29 is 19.1 Å². The van der Waals surface area contributed by atoms with Gasteiger partial charge in [-0.1, -0.05) is 12.1 Å². The molecule has 0 unspecified atom stereocenters. The number of esters is 1. The fourth-order valence-corrected chi connectivity index (χ4v) is 3.02. The maximum Gasteiger partial charge on any atom is 0.357 e. The first-order chi connectivity index (χ1) is 13.6. The number of rotatable bonds is 5. The second-order valence-corrected chi connectivity index (χ2v) is 6.19. The Morgan fingerprint density at radius 2 is 2.04 bits per heavy atom. The summed E-state index contributed by atoms with van der Waals surface area (Å²) >= 11 is 0. The number of nitrogens with two attached hydrogens (primary N) is 1. The van der Waals surface area contributed by atoms with Gasteiger partial charge in [-0.25, -0.2) is 4.79 Å². The molecule has 0 aliphatic carbocycles. The molecule has 3 rings (SSSR count). The number of hydrogen-bond donors (Lipinski definition) is 2. The zero-order chi connectivity index (χ0) is 20.1. The monoisotopic (exact) mass is 383 g/mol. The summed E-state index contributed by atoms with van der Waals surface area (Å²) < 4.78 is 11.5. The largest absolute Gasteiger partial charge is 0.464 e. The van der Waals surface area contributed by atoms with Gasteiger partial charge in [0.05, 0.1) is 49.5 Å². The molecule has 1 saturated heterocycles. The van der Waals surface area contributed by atoms with E-state index in [1.807, 2.05) is 6.07 Å². The Bertz CT molecular complexity index is 925. The van der Waals surface area contributed by atoms with Crippen LogP contribution >= 0.6 is 0 Å². The Labute approximate surface area is 162 Å². The summed E-state index contributed by atoms with van der Waals surface area (Å²) in [4.78, 5) is 27.1. The van der Waals surface area contributed by atoms with Gasteiger partial charge in [0.15, 0.2) is 5.69 Å². The van der Waals surface area contributed by atoms with E-state index in [2.05, 4.69) is 10.2 Å². The molecule has 0 spiro atoms. The summed E-state index contributed by atoms with van der Waals surface area (Å²) in [6.07, 6.45) is 1.43. The lowest BCUT2D eigenvalue weighted by atomic mass is 10.1. The van der Waals surface area contributed by atoms with Gasteiger partial charge < -0.3 is 25.1 Å². The molecule has 28 heavy (non-hydrogen) atoms. The highest BCUT2D eigenvalue weighted by molar-refractivity contribution is 6.00. The predicted molar refractivity (Wildman–Crippen MR) is 101 cm³/mol. The third-order valence-electron chi connectivity index (χ3n) is 4.52. The molecule has 3 N–H and O–H groups in total. The highest BCUT2D eigenvalue weighted by Gasteiger charge is 2.24. The summed E-state index contributed by atoms with van der Waals surface area (Å²) in [5.74, 6) is -0.994. The fourth-order valence-electron chi connectivity index (χ4n) is 3.02. The van der Waals surface area contributed by atoms with Crippen LogP contribution in [0.5, 0.6) is 0 Å². The second-order valence-electron chi connectivity index (χ2n) is 6.19. The SMILES string of the molecule is COC(=O)c1c(N)c(C#N)cn1-c1ccccc1C(=O)NCN1CCOCC1. The minimum Gasteiger partial charge on any atom is -0.464 e. The van der Waals surface area contributed by atoms with Gasteiger partial charge in [-0.3, -0.25) is 9.69 Å². The van der Waals surface area contributed by atoms with Crippen LogP contribution in [0.25, 0.3) is 5.69 Å². The minimum atomic E-state index is -0.692. The predicted octanol–water partition coefficient (Wildman–Crippen LogP) is 0.737. The molecule has 1 aromatic carbocycles. The molecule has 2 aromatic rings. The number of aromatic nitrogens is 1. The molecular formula is C19H21N5O4. The standard InChI is InChI=1S/C19H21N5O4/c1-27-19(26)17-16(21)13(10-20)11-24(17)15-5-3-2-4-14(15)18(25)22-12-23-6-8-28-9-7-23/h2-5,11H,6-9,12,21H2,1H3,(H,22,25). The quantitative estimate of drug-likeness (QED) is 0.730. The van der Waals surface area contributed by atoms with E-state index in [9.17, 15) is 14.9 Å². The number of para-hydroxylation sites is 1. The first-order valence-electron chi connectivity index (χ1n) is 8.73. The van der Waals surface area contributed by atoms with E-state index < -0.39 is 5.97 Å². The van der Waals surface area contributed by atoms with Gasteiger partial charge in [0, 0.05) is 19.3 Å². The lowest BCUT2D eigenvalue weighted by molar-refractivity contribution is 0.0334. The molecular weight excluding hydrogens is 362 g/mol. The Morgan fingerprint density at radius 3 is 2.71 bits per heavy atom. The number of nitrogens with one attached hydrogen (secondary N) is 1. The van der Waals surface area contributed by atoms with Crippen molar-refractivity contribution in [3.63, 3.8) is 0 Å². The molecule has 9 heteroatoms. The lowest BCUT2D eigenvalue weighted by Crippen LogP contribution is -2.43. The number of methoxy groups -OCH3 is 1. The van der Waals surface area contributed by atoms with Crippen LogP contribution in [0.2, 0.25) is 0 Å². The van der Waals surface area contributed by atoms with Gasteiger partial charge in [0.1, 0.15) is 6.07 Å². The van der Waals surface area contributed by atoms with Crippen molar-refractivity contribution in [2.45, 2.75) is 0 Å². The van der Waals surface area contributed by atoms with E-state index in [1.54, 1.807) is 24.3 Å². The molecule has 1 amide bonds. The molecule has 2 heterocycles. The smallest absolute Gasteiger partial charge is 0.357 e. The molecule has 0 atom stereocenters. The van der Waals surface area contributed by atoms with Crippen LogP contribution in [0.4, 0.5) is 5.69 Å². The van der Waals surface area contributed by atoms with E-state index in [4.69, 9.17) is 15.2 Å². The average molecular weight is 383 g/mol. The molecule has 0 radical (unpaired) electrons. The number of hydrogen-bond acceptors (Lipinski definition) is 7. The van der Waals surface area contributed by atoms with Crippen molar-refractivity contribution >= 4 is 17.6 Å². The Balaban J connectivity index is 1.93. The van der Waals surface area contributed by atoms with Gasteiger partial charge in [-0.2, -0.15) is 5.26 Å². The number of morpholine rings is 1. The van der Waals surface area contributed by atoms with Crippen LogP contribution < -0.4 is 11.1 Å². The molecule has 9 nitrogen and oxygen atoms in total. The number of nitrogen functional groups attached to an aromatic ring is 1. The topological polar surface area (TPSA) is 123 Å². The van der Waals surface area contributed by atoms with Crippen LogP contribution in [0.15, 0.2) is 30.5 Å². The van der Waals surface area contributed by atoms with Gasteiger partial charge in [-0.05, 0) is 12.1 Å². The molecule has 1 aliphatic rings. The number of benzene rings is 1. The Hall–Kier alpha value is -3.35. The zero-order valence-electron chi connectivity index (χ0n) is 15.5. The van der Waals surface area contributed by atoms with Gasteiger partial charge >= 0.3 is 5.97 Å². The lowest BCUT2D eigenvalue weighted by Gasteiger charge is -2.26. The third kappa shape index (κ3) is 3.83. The summed E-state index contributed by atoms with van der Waals surface area (Å²) in [6, 6.07) is 8.73. The first-order valence-corrected chi connectivity index (χ1v) is 8.73. The second kappa shape index (κ2) is 8.56. The van der Waals surface area contributed by atoms with Crippen LogP contribution in [-0.2, 0) is 9.47 Å². The molecule has 0 bridgehead atoms. The van der Waals surface area contributed by atoms with Crippen molar-refractivity contribution in [1.82, 2.24) is 14.8 Å². The van der Waals surface area contributed by atoms with Crippen LogP contribution in [0, 0.1) is 11.3 Å². The molecule has 146 valence electrons. The summed E-state index contributed by atoms with van der Waals surface area (Å²) in [5.41, 5.74) is 6.87. The third-order valence-corrected chi connectivity index (χ3v) is 4.52. The first kappa shape index (κ1) is 19.4. The summed E-state index contributed by atoms with van der Waals surface area (Å²) in [7, 11) is 1.23. The van der Waals surface area contributed by atoms with E-state index in [0.717, 1.165) is 13.1 Å². The normalized spacial score (nSPS) is 14.3. The van der Waals surface area contributed by atoms with Gasteiger partial charge in [-0.15, -0.1) is 0 Å². The molecule has 0 saturated carbocycles. The summed E-state index contributed by atoms with van der Waals surface area (Å²) in [5, 5.41) is 12.2. The fraction of sp³-hybridized carbons (Fsp3) is 0.316. The van der Waals surface area contributed by atoms with Crippen molar-refractivity contribution in [3.8, 4) is 11.8 Å². The van der Waals surface area contributed by atoms with Gasteiger partial charge in [0.25, 0.3) is 5.91 Å². The summed E-state index contributed by atoms with van der Waals surface area (Å²) in [6.45, 7) is 3.14. The minimum absolute atomic E-state index is 0.00693. The number of carbonyl (C=O) groups excluding carboxylic acids is 2. The number of anilines is 1. The van der Waals surface area contributed by atoms with E-state index in [0.29, 0.717) is 31.1 Å². The highest BCUT2D eigenvalue weighted by Crippen LogP contribution is 2.26. The van der Waals surface area contributed by atoms with E-state index >= 15 is 0 Å². The molecule has 1 aliphatic heterocycles. The number of nitrogens with zero attached hydrogens (tertiary/aromatic N) is 3. The number of nitriles is 1. The number of carbonyl (C=O) groups is 2. The highest BCUT2D eigenvalue weighted by atomic mass is 16.5. The van der Waals surface area contributed by atoms with Crippen molar-refractivity contribution in [2.75, 3.05) is 45.8 Å². The maximum atomic E-state index is 12.8. The van der Waals surface area contributed by atoms with Crippen molar-refractivity contribution in [2.24, 2.45) is 0 Å². The number of ether oxygens (including phenoxy) is 2. The molecule has 1 fully saturated rings. The van der Waals surface area contributed by atoms with Crippen LogP contribution in [0.1, 0.15) is 26.4 Å². The Kier molecular flexibility index (Phi) is 5.93. The van der Waals surface area contributed by atoms with Crippen LogP contribution in [0.3, 0.4) is 0 Å². The number of amides is 1. The average Bonchev–Trinajstić information content (AvgIpc) is 3.08. The maximum absolute atomic E-state index is 12.8. The van der Waals surface area contributed by atoms with E-state index in [-0.39, 0.29) is 22.9 Å². The van der Waals surface area contributed by atoms with E-state index in [1.165, 1.54) is 17.9 Å². The van der Waals surface area contributed by atoms with Crippen LogP contribution in [-0.4, -0.2) is 61.4 Å². The zero-order valence-corrected chi connectivity index (χ0v) is 15.5. The van der Waals surface area contributed by atoms with Crippen molar-refractivity contribution in [1.29, 1.82) is 5.26 Å². The molecule has 1 aromatic heterocycles. The van der Waals surface area contributed by atoms with Gasteiger partial charge in [0.2, 0.25) is 0 Å². The van der Waals surface area contributed by atoms with Crippen molar-refractivity contribution in [3.05, 3.63) is 47.3 Å². The Morgan fingerprint density at radius 1 is 1.32 bits per heavy atom.